The summed E-state index contributed by atoms with van der Waals surface area (Å²) >= 11 is 0. The molecule has 0 fully saturated rings. The third kappa shape index (κ3) is 10.9. The van der Waals surface area contributed by atoms with Crippen LogP contribution in [0, 0.1) is 0 Å². The first-order valence-electron chi connectivity index (χ1n) is 10.2. The van der Waals surface area contributed by atoms with Crippen LogP contribution >= 0.6 is 0 Å². The van der Waals surface area contributed by atoms with E-state index < -0.39 is 0 Å². The highest BCUT2D eigenvalue weighted by Crippen LogP contribution is 2.25. The Labute approximate surface area is 153 Å². The second kappa shape index (κ2) is 13.7. The number of carbonyl (C=O) groups excluding carboxylic acids is 1. The minimum Gasteiger partial charge on any atom is -0.504 e. The van der Waals surface area contributed by atoms with Gasteiger partial charge in [-0.2, -0.15) is 0 Å². The molecule has 0 spiro atoms. The van der Waals surface area contributed by atoms with E-state index in [0.717, 1.165) is 37.7 Å². The summed E-state index contributed by atoms with van der Waals surface area (Å²) in [5.41, 5.74) is 1.00. The van der Waals surface area contributed by atoms with Gasteiger partial charge in [-0.05, 0) is 43.4 Å². The molecule has 0 atom stereocenters. The molecule has 0 bridgehead atoms. The van der Waals surface area contributed by atoms with E-state index in [1.54, 1.807) is 6.07 Å². The zero-order valence-electron chi connectivity index (χ0n) is 15.9. The van der Waals surface area contributed by atoms with Crippen LogP contribution in [-0.2, 0) is 11.2 Å². The summed E-state index contributed by atoms with van der Waals surface area (Å²) in [6.07, 6.45) is 15.6. The molecule has 0 aromatic heterocycles. The number of unbranched alkanes of at least 4 members (excludes halogenated alkanes) is 9. The van der Waals surface area contributed by atoms with E-state index in [2.05, 4.69) is 6.92 Å². The lowest BCUT2D eigenvalue weighted by Gasteiger charge is -2.04. The molecule has 0 saturated heterocycles. The molecule has 1 aromatic rings. The average molecular weight is 349 g/mol. The fourth-order valence-electron chi connectivity index (χ4n) is 3.13. The Hall–Kier alpha value is -1.51. The van der Waals surface area contributed by atoms with Gasteiger partial charge in [-0.3, -0.25) is 4.79 Å². The Bertz CT molecular complexity index is 482. The summed E-state index contributed by atoms with van der Waals surface area (Å²) in [6.45, 7) is 2.25. The second-order valence-corrected chi connectivity index (χ2v) is 7.15. The topological polar surface area (TPSA) is 57.5 Å². The Kier molecular flexibility index (Phi) is 11.8. The number of Topliss-reactive ketones (excluding diaryl/α,β-unsaturated/α-hetero) is 1. The van der Waals surface area contributed by atoms with Gasteiger partial charge in [-0.15, -0.1) is 0 Å². The molecule has 1 aromatic carbocycles. The number of aromatic hydroxyl groups is 2. The first-order valence-corrected chi connectivity index (χ1v) is 10.2. The number of phenols is 2. The number of ketones is 1. The molecule has 0 saturated carbocycles. The van der Waals surface area contributed by atoms with Gasteiger partial charge in [-0.25, -0.2) is 0 Å². The van der Waals surface area contributed by atoms with Gasteiger partial charge in [0, 0.05) is 12.8 Å². The lowest BCUT2D eigenvalue weighted by atomic mass is 10.0. The summed E-state index contributed by atoms with van der Waals surface area (Å²) in [4.78, 5) is 11.9. The van der Waals surface area contributed by atoms with E-state index in [0.29, 0.717) is 12.2 Å². The molecule has 3 heteroatoms. The first-order chi connectivity index (χ1) is 12.1. The zero-order chi connectivity index (χ0) is 18.3. The van der Waals surface area contributed by atoms with Gasteiger partial charge >= 0.3 is 0 Å². The Balaban J connectivity index is 1.94. The molecule has 2 N–H and O–H groups in total. The van der Waals surface area contributed by atoms with Gasteiger partial charge in [0.05, 0.1) is 0 Å². The quantitative estimate of drug-likeness (QED) is 0.289. The van der Waals surface area contributed by atoms with Gasteiger partial charge in [0.1, 0.15) is 5.78 Å². The van der Waals surface area contributed by atoms with Crippen molar-refractivity contribution in [2.75, 3.05) is 0 Å². The van der Waals surface area contributed by atoms with Crippen molar-refractivity contribution >= 4 is 5.78 Å². The summed E-state index contributed by atoms with van der Waals surface area (Å²) in [6, 6.07) is 4.93. The van der Waals surface area contributed by atoms with Crippen molar-refractivity contribution < 1.29 is 15.0 Å². The first kappa shape index (κ1) is 21.5. The van der Waals surface area contributed by atoms with Crippen LogP contribution in [0.3, 0.4) is 0 Å². The number of aryl methyl sites for hydroxylation is 1. The molecule has 0 heterocycles. The molecule has 3 nitrogen and oxygen atoms in total. The van der Waals surface area contributed by atoms with E-state index in [1.165, 1.54) is 57.4 Å². The lowest BCUT2D eigenvalue weighted by Crippen LogP contribution is -1.98. The maximum absolute atomic E-state index is 11.9. The van der Waals surface area contributed by atoms with Crippen LogP contribution < -0.4 is 0 Å². The van der Waals surface area contributed by atoms with Crippen LogP contribution in [0.25, 0.3) is 0 Å². The highest BCUT2D eigenvalue weighted by Gasteiger charge is 2.04. The second-order valence-electron chi connectivity index (χ2n) is 7.15. The standard InChI is InChI=1S/C22H36O3/c1-2-3-4-5-6-7-8-9-10-14-20(23)15-12-11-13-19-16-17-21(24)22(25)18-19/h16-18,24-25H,2-15H2,1H3. The fraction of sp³-hybridized carbons (Fsp3) is 0.682. The van der Waals surface area contributed by atoms with Crippen LogP contribution in [0.4, 0.5) is 0 Å². The van der Waals surface area contributed by atoms with Crippen molar-refractivity contribution in [3.05, 3.63) is 23.8 Å². The van der Waals surface area contributed by atoms with Crippen molar-refractivity contribution in [3.63, 3.8) is 0 Å². The molecule has 0 aliphatic heterocycles. The van der Waals surface area contributed by atoms with Crippen LogP contribution in [0.5, 0.6) is 11.5 Å². The van der Waals surface area contributed by atoms with Crippen molar-refractivity contribution in [3.8, 4) is 11.5 Å². The van der Waals surface area contributed by atoms with E-state index in [1.807, 2.05) is 6.07 Å². The number of rotatable bonds is 15. The van der Waals surface area contributed by atoms with Gasteiger partial charge in [-0.1, -0.05) is 64.4 Å². The molecule has 25 heavy (non-hydrogen) atoms. The van der Waals surface area contributed by atoms with Crippen molar-refractivity contribution in [1.82, 2.24) is 0 Å². The zero-order valence-corrected chi connectivity index (χ0v) is 15.9. The predicted octanol–water partition coefficient (Wildman–Crippen LogP) is 6.30. The normalized spacial score (nSPS) is 10.9. The Morgan fingerprint density at radius 3 is 1.92 bits per heavy atom. The molecule has 0 radical (unpaired) electrons. The maximum Gasteiger partial charge on any atom is 0.157 e. The van der Waals surface area contributed by atoms with Crippen molar-refractivity contribution in [2.45, 2.75) is 96.8 Å². The number of carbonyl (C=O) groups is 1. The number of hydrogen-bond donors (Lipinski definition) is 2. The van der Waals surface area contributed by atoms with Crippen LogP contribution in [0.1, 0.15) is 96.0 Å². The number of phenolic OH excluding ortho intramolecular Hbond substituents is 2. The number of hydrogen-bond acceptors (Lipinski definition) is 3. The smallest absolute Gasteiger partial charge is 0.157 e. The SMILES string of the molecule is CCCCCCCCCCCC(=O)CCCCc1ccc(O)c(O)c1. The van der Waals surface area contributed by atoms with Crippen LogP contribution in [0.2, 0.25) is 0 Å². The van der Waals surface area contributed by atoms with E-state index in [9.17, 15) is 15.0 Å². The molecule has 1 rings (SSSR count). The van der Waals surface area contributed by atoms with Gasteiger partial charge < -0.3 is 10.2 Å². The minimum atomic E-state index is -0.0834. The molecule has 142 valence electrons. The molecule has 0 aliphatic carbocycles. The third-order valence-corrected chi connectivity index (χ3v) is 4.77. The highest BCUT2D eigenvalue weighted by atomic mass is 16.3. The van der Waals surface area contributed by atoms with Crippen LogP contribution in [-0.4, -0.2) is 16.0 Å². The molecule has 0 unspecified atom stereocenters. The lowest BCUT2D eigenvalue weighted by molar-refractivity contribution is -0.119. The third-order valence-electron chi connectivity index (χ3n) is 4.77. The molecular formula is C22H36O3. The monoisotopic (exact) mass is 348 g/mol. The van der Waals surface area contributed by atoms with Crippen LogP contribution in [0.15, 0.2) is 18.2 Å². The largest absolute Gasteiger partial charge is 0.504 e. The minimum absolute atomic E-state index is 0.0704. The summed E-state index contributed by atoms with van der Waals surface area (Å²) in [7, 11) is 0. The maximum atomic E-state index is 11.9. The summed E-state index contributed by atoms with van der Waals surface area (Å²) in [5, 5.41) is 18.7. The van der Waals surface area contributed by atoms with Gasteiger partial charge in [0.25, 0.3) is 0 Å². The molecular weight excluding hydrogens is 312 g/mol. The fourth-order valence-corrected chi connectivity index (χ4v) is 3.13. The number of benzene rings is 1. The van der Waals surface area contributed by atoms with Crippen molar-refractivity contribution in [1.29, 1.82) is 0 Å². The van der Waals surface area contributed by atoms with E-state index >= 15 is 0 Å². The van der Waals surface area contributed by atoms with Gasteiger partial charge in [0.15, 0.2) is 11.5 Å². The summed E-state index contributed by atoms with van der Waals surface area (Å²) in [5.74, 6) is 0.232. The molecule has 0 aliphatic rings. The van der Waals surface area contributed by atoms with E-state index in [4.69, 9.17) is 0 Å². The van der Waals surface area contributed by atoms with E-state index in [-0.39, 0.29) is 11.5 Å². The summed E-state index contributed by atoms with van der Waals surface area (Å²) < 4.78 is 0. The predicted molar refractivity (Wildman–Crippen MR) is 104 cm³/mol. The Morgan fingerprint density at radius 2 is 1.32 bits per heavy atom. The molecule has 0 amide bonds. The highest BCUT2D eigenvalue weighted by molar-refractivity contribution is 5.78. The van der Waals surface area contributed by atoms with Crippen molar-refractivity contribution in [2.24, 2.45) is 0 Å². The average Bonchev–Trinajstić information content (AvgIpc) is 2.60. The van der Waals surface area contributed by atoms with Gasteiger partial charge in [0.2, 0.25) is 0 Å². The Morgan fingerprint density at radius 1 is 0.760 bits per heavy atom.